The number of aromatic nitrogens is 3. The molecule has 0 aromatic carbocycles. The van der Waals surface area contributed by atoms with Crippen LogP contribution in [0.1, 0.15) is 24.4 Å². The molecule has 1 atom stereocenters. The van der Waals surface area contributed by atoms with Crippen molar-refractivity contribution in [3.63, 3.8) is 0 Å². The van der Waals surface area contributed by atoms with Gasteiger partial charge in [-0.15, -0.1) is 0 Å². The Kier molecular flexibility index (Phi) is 3.73. The van der Waals surface area contributed by atoms with Crippen molar-refractivity contribution < 1.29 is 8.42 Å². The number of rotatable bonds is 3. The highest BCUT2D eigenvalue weighted by atomic mass is 35.5. The summed E-state index contributed by atoms with van der Waals surface area (Å²) in [5, 5.41) is 0.0583. The molecule has 0 amide bonds. The van der Waals surface area contributed by atoms with Gasteiger partial charge in [-0.2, -0.15) is 4.31 Å². The Bertz CT molecular complexity index is 745. The fraction of sp³-hybridized carbons (Fsp3) is 0.385. The minimum absolute atomic E-state index is 0.0763. The topological polar surface area (TPSA) is 68.1 Å². The van der Waals surface area contributed by atoms with Crippen LogP contribution in [0, 0.1) is 0 Å². The molecule has 2 aromatic heterocycles. The zero-order valence-electron chi connectivity index (χ0n) is 11.5. The van der Waals surface area contributed by atoms with Crippen LogP contribution in [0.4, 0.5) is 0 Å². The molecule has 0 N–H and O–H groups in total. The number of imidazole rings is 1. The van der Waals surface area contributed by atoms with E-state index in [1.807, 2.05) is 12.1 Å². The molecule has 1 aliphatic rings. The first-order valence-electron chi connectivity index (χ1n) is 6.60. The number of sulfonamides is 1. The summed E-state index contributed by atoms with van der Waals surface area (Å²) in [7, 11) is -2.03. The van der Waals surface area contributed by atoms with E-state index in [9.17, 15) is 8.42 Å². The summed E-state index contributed by atoms with van der Waals surface area (Å²) in [4.78, 5) is 7.92. The first-order valence-corrected chi connectivity index (χ1v) is 8.42. The van der Waals surface area contributed by atoms with Crippen molar-refractivity contribution in [3.8, 4) is 0 Å². The van der Waals surface area contributed by atoms with Gasteiger partial charge in [-0.25, -0.2) is 13.4 Å². The quantitative estimate of drug-likeness (QED) is 0.865. The SMILES string of the molecule is Cn1cnc(S(=O)(=O)N2CCC[C@H]2c2ccncc2)c1Cl. The summed E-state index contributed by atoms with van der Waals surface area (Å²) < 4.78 is 28.6. The predicted octanol–water partition coefficient (Wildman–Crippen LogP) is 1.99. The van der Waals surface area contributed by atoms with Gasteiger partial charge in [0.25, 0.3) is 10.0 Å². The molecule has 1 fully saturated rings. The number of hydrogen-bond acceptors (Lipinski definition) is 4. The minimum Gasteiger partial charge on any atom is -0.324 e. The van der Waals surface area contributed by atoms with Crippen molar-refractivity contribution in [2.45, 2.75) is 23.9 Å². The van der Waals surface area contributed by atoms with E-state index in [1.165, 1.54) is 15.2 Å². The molecule has 8 heteroatoms. The van der Waals surface area contributed by atoms with Gasteiger partial charge in [0, 0.05) is 26.0 Å². The monoisotopic (exact) mass is 326 g/mol. The second-order valence-electron chi connectivity index (χ2n) is 5.01. The molecule has 3 rings (SSSR count). The van der Waals surface area contributed by atoms with Crippen LogP contribution in [-0.4, -0.2) is 33.8 Å². The van der Waals surface area contributed by atoms with Gasteiger partial charge in [-0.3, -0.25) is 4.98 Å². The fourth-order valence-corrected chi connectivity index (χ4v) is 4.70. The Morgan fingerprint density at radius 2 is 2.05 bits per heavy atom. The number of hydrogen-bond donors (Lipinski definition) is 0. The van der Waals surface area contributed by atoms with Crippen LogP contribution in [0.2, 0.25) is 5.15 Å². The summed E-state index contributed by atoms with van der Waals surface area (Å²) in [6, 6.07) is 3.51. The van der Waals surface area contributed by atoms with Crippen molar-refractivity contribution in [2.75, 3.05) is 6.54 Å². The van der Waals surface area contributed by atoms with E-state index in [-0.39, 0.29) is 16.2 Å². The van der Waals surface area contributed by atoms with Crippen LogP contribution in [0.25, 0.3) is 0 Å². The number of nitrogens with zero attached hydrogens (tertiary/aromatic N) is 4. The van der Waals surface area contributed by atoms with Crippen LogP contribution in [-0.2, 0) is 17.1 Å². The third-order valence-electron chi connectivity index (χ3n) is 3.68. The molecule has 2 aromatic rings. The number of halogens is 1. The van der Waals surface area contributed by atoms with Crippen molar-refractivity contribution >= 4 is 21.6 Å². The van der Waals surface area contributed by atoms with Crippen LogP contribution < -0.4 is 0 Å². The molecular formula is C13H15ClN4O2S. The van der Waals surface area contributed by atoms with Crippen LogP contribution in [0.15, 0.2) is 35.9 Å². The van der Waals surface area contributed by atoms with Gasteiger partial charge in [0.2, 0.25) is 5.03 Å². The molecular weight excluding hydrogens is 312 g/mol. The van der Waals surface area contributed by atoms with E-state index < -0.39 is 10.0 Å². The normalized spacial score (nSPS) is 20.0. The van der Waals surface area contributed by atoms with E-state index in [0.717, 1.165) is 18.4 Å². The van der Waals surface area contributed by atoms with Crippen molar-refractivity contribution in [1.29, 1.82) is 0 Å². The van der Waals surface area contributed by atoms with Crippen molar-refractivity contribution in [1.82, 2.24) is 18.8 Å². The van der Waals surface area contributed by atoms with Crippen LogP contribution in [0.5, 0.6) is 0 Å². The largest absolute Gasteiger partial charge is 0.324 e. The first kappa shape index (κ1) is 14.5. The standard InChI is InChI=1S/C13H15ClN4O2S/c1-17-9-16-13(12(17)14)21(19,20)18-8-2-3-11(18)10-4-6-15-7-5-10/h4-7,9,11H,2-3,8H2,1H3/t11-/m0/s1. The summed E-state index contributed by atoms with van der Waals surface area (Å²) in [6.07, 6.45) is 6.36. The molecule has 0 bridgehead atoms. The molecule has 0 radical (unpaired) electrons. The van der Waals surface area contributed by atoms with Crippen molar-refractivity contribution in [3.05, 3.63) is 41.6 Å². The van der Waals surface area contributed by atoms with Crippen molar-refractivity contribution in [2.24, 2.45) is 7.05 Å². The average molecular weight is 327 g/mol. The average Bonchev–Trinajstić information content (AvgIpc) is 3.09. The van der Waals surface area contributed by atoms with Gasteiger partial charge >= 0.3 is 0 Å². The molecule has 0 spiro atoms. The molecule has 21 heavy (non-hydrogen) atoms. The van der Waals surface area contributed by atoms with Gasteiger partial charge < -0.3 is 4.57 Å². The zero-order valence-corrected chi connectivity index (χ0v) is 13.0. The van der Waals surface area contributed by atoms with E-state index in [0.29, 0.717) is 6.54 Å². The van der Waals surface area contributed by atoms with E-state index in [1.54, 1.807) is 19.4 Å². The van der Waals surface area contributed by atoms with Gasteiger partial charge in [0.15, 0.2) is 0 Å². The van der Waals surface area contributed by atoms with Crippen LogP contribution in [0.3, 0.4) is 0 Å². The lowest BCUT2D eigenvalue weighted by atomic mass is 10.1. The van der Waals surface area contributed by atoms with Gasteiger partial charge in [-0.1, -0.05) is 11.6 Å². The molecule has 0 unspecified atom stereocenters. The summed E-state index contributed by atoms with van der Waals surface area (Å²) >= 11 is 6.05. The molecule has 0 aliphatic carbocycles. The summed E-state index contributed by atoms with van der Waals surface area (Å²) in [6.45, 7) is 0.474. The van der Waals surface area contributed by atoms with E-state index in [4.69, 9.17) is 11.6 Å². The Labute approximate surface area is 128 Å². The Hall–Kier alpha value is -1.44. The number of pyridine rings is 1. The second kappa shape index (κ2) is 5.40. The molecule has 3 heterocycles. The zero-order chi connectivity index (χ0) is 15.0. The van der Waals surface area contributed by atoms with Gasteiger partial charge in [0.05, 0.1) is 12.4 Å². The lowest BCUT2D eigenvalue weighted by Gasteiger charge is -2.23. The maximum absolute atomic E-state index is 12.8. The lowest BCUT2D eigenvalue weighted by Crippen LogP contribution is -2.31. The van der Waals surface area contributed by atoms with E-state index >= 15 is 0 Å². The second-order valence-corrected chi connectivity index (χ2v) is 7.17. The molecule has 6 nitrogen and oxygen atoms in total. The highest BCUT2D eigenvalue weighted by Gasteiger charge is 2.38. The lowest BCUT2D eigenvalue weighted by molar-refractivity contribution is 0.395. The third kappa shape index (κ3) is 2.45. The highest BCUT2D eigenvalue weighted by molar-refractivity contribution is 7.89. The molecule has 0 saturated carbocycles. The predicted molar refractivity (Wildman–Crippen MR) is 78.3 cm³/mol. The smallest absolute Gasteiger partial charge is 0.264 e. The summed E-state index contributed by atoms with van der Waals surface area (Å²) in [5.74, 6) is 0. The summed E-state index contributed by atoms with van der Waals surface area (Å²) in [5.41, 5.74) is 0.943. The maximum atomic E-state index is 12.8. The van der Waals surface area contributed by atoms with Gasteiger partial charge in [0.1, 0.15) is 5.15 Å². The Morgan fingerprint density at radius 1 is 1.33 bits per heavy atom. The van der Waals surface area contributed by atoms with Crippen LogP contribution >= 0.6 is 11.6 Å². The Morgan fingerprint density at radius 3 is 2.67 bits per heavy atom. The third-order valence-corrected chi connectivity index (χ3v) is 6.08. The maximum Gasteiger partial charge on any atom is 0.264 e. The highest BCUT2D eigenvalue weighted by Crippen LogP contribution is 2.37. The first-order chi connectivity index (χ1) is 10.0. The van der Waals surface area contributed by atoms with Gasteiger partial charge in [-0.05, 0) is 30.5 Å². The molecule has 1 saturated heterocycles. The number of aryl methyl sites for hydroxylation is 1. The molecule has 112 valence electrons. The minimum atomic E-state index is -3.70. The van der Waals surface area contributed by atoms with E-state index in [2.05, 4.69) is 9.97 Å². The Balaban J connectivity index is 2.00. The fourth-order valence-electron chi connectivity index (χ4n) is 2.62. The molecule has 1 aliphatic heterocycles.